The zero-order valence-electron chi connectivity index (χ0n) is 7.89. The van der Waals surface area contributed by atoms with Gasteiger partial charge in [-0.3, -0.25) is 4.90 Å². The lowest BCUT2D eigenvalue weighted by molar-refractivity contribution is 0.361. The van der Waals surface area contributed by atoms with Gasteiger partial charge in [-0.15, -0.1) is 0 Å². The van der Waals surface area contributed by atoms with E-state index in [2.05, 4.69) is 11.0 Å². The van der Waals surface area contributed by atoms with Crippen LogP contribution in [0.1, 0.15) is 38.5 Å². The standard InChI is InChI=1S/C11H19N/c1-2-6-11(7-3-1)10-12-8-4-5-9-12/h6H,1-5,7-10H2. The van der Waals surface area contributed by atoms with Crippen molar-refractivity contribution in [3.63, 3.8) is 0 Å². The number of hydrogen-bond acceptors (Lipinski definition) is 1. The predicted molar refractivity (Wildman–Crippen MR) is 52.2 cm³/mol. The molecule has 0 aromatic heterocycles. The first-order valence-corrected chi connectivity index (χ1v) is 5.35. The minimum Gasteiger partial charge on any atom is -0.299 e. The van der Waals surface area contributed by atoms with Crippen molar-refractivity contribution in [3.8, 4) is 0 Å². The second-order valence-electron chi connectivity index (χ2n) is 4.09. The summed E-state index contributed by atoms with van der Waals surface area (Å²) in [4.78, 5) is 2.61. The van der Waals surface area contributed by atoms with E-state index in [1.165, 1.54) is 58.2 Å². The minimum atomic E-state index is 1.28. The lowest BCUT2D eigenvalue weighted by atomic mass is 9.99. The lowest BCUT2D eigenvalue weighted by Crippen LogP contribution is -2.22. The van der Waals surface area contributed by atoms with E-state index in [0.717, 1.165) is 0 Å². The van der Waals surface area contributed by atoms with E-state index >= 15 is 0 Å². The maximum absolute atomic E-state index is 2.61. The average Bonchev–Trinajstić information content (AvgIpc) is 2.59. The van der Waals surface area contributed by atoms with E-state index in [-0.39, 0.29) is 0 Å². The van der Waals surface area contributed by atoms with Crippen LogP contribution in [0, 0.1) is 0 Å². The molecule has 0 unspecified atom stereocenters. The van der Waals surface area contributed by atoms with Gasteiger partial charge in [-0.1, -0.05) is 11.6 Å². The molecule has 0 spiro atoms. The molecule has 0 bridgehead atoms. The topological polar surface area (TPSA) is 3.24 Å². The van der Waals surface area contributed by atoms with Gasteiger partial charge in [0.25, 0.3) is 0 Å². The van der Waals surface area contributed by atoms with Gasteiger partial charge < -0.3 is 0 Å². The van der Waals surface area contributed by atoms with Crippen LogP contribution in [0.5, 0.6) is 0 Å². The molecule has 0 amide bonds. The normalized spacial score (nSPS) is 25.8. The molecule has 1 heteroatoms. The maximum Gasteiger partial charge on any atom is 0.0192 e. The van der Waals surface area contributed by atoms with Gasteiger partial charge in [0.05, 0.1) is 0 Å². The van der Waals surface area contributed by atoms with E-state index in [0.29, 0.717) is 0 Å². The van der Waals surface area contributed by atoms with E-state index in [1.54, 1.807) is 5.57 Å². The molecule has 2 rings (SSSR count). The average molecular weight is 165 g/mol. The summed E-state index contributed by atoms with van der Waals surface area (Å²) in [5.74, 6) is 0. The zero-order chi connectivity index (χ0) is 8.23. The molecule has 1 aliphatic heterocycles. The Morgan fingerprint density at radius 1 is 1.08 bits per heavy atom. The highest BCUT2D eigenvalue weighted by atomic mass is 15.1. The minimum absolute atomic E-state index is 1.28. The van der Waals surface area contributed by atoms with Crippen molar-refractivity contribution >= 4 is 0 Å². The van der Waals surface area contributed by atoms with E-state index in [9.17, 15) is 0 Å². The summed E-state index contributed by atoms with van der Waals surface area (Å²) in [6.07, 6.45) is 10.9. The first-order chi connectivity index (χ1) is 5.95. The van der Waals surface area contributed by atoms with Crippen molar-refractivity contribution < 1.29 is 0 Å². The van der Waals surface area contributed by atoms with Crippen molar-refractivity contribution in [1.29, 1.82) is 0 Å². The fraction of sp³-hybridized carbons (Fsp3) is 0.818. The lowest BCUT2D eigenvalue weighted by Gasteiger charge is -2.19. The van der Waals surface area contributed by atoms with Gasteiger partial charge in [0.1, 0.15) is 0 Å². The van der Waals surface area contributed by atoms with Crippen LogP contribution in [-0.2, 0) is 0 Å². The molecule has 1 heterocycles. The Bertz CT molecular complexity index is 166. The summed E-state index contributed by atoms with van der Waals surface area (Å²) in [7, 11) is 0. The summed E-state index contributed by atoms with van der Waals surface area (Å²) in [6, 6.07) is 0. The van der Waals surface area contributed by atoms with Gasteiger partial charge in [-0.2, -0.15) is 0 Å². The molecule has 1 aliphatic carbocycles. The second-order valence-corrected chi connectivity index (χ2v) is 4.09. The molecular weight excluding hydrogens is 146 g/mol. The number of likely N-dealkylation sites (tertiary alicyclic amines) is 1. The number of rotatable bonds is 2. The molecule has 68 valence electrons. The first-order valence-electron chi connectivity index (χ1n) is 5.35. The van der Waals surface area contributed by atoms with Crippen molar-refractivity contribution in [3.05, 3.63) is 11.6 Å². The summed E-state index contributed by atoms with van der Waals surface area (Å²) in [5.41, 5.74) is 1.71. The number of allylic oxidation sites excluding steroid dienone is 1. The quantitative estimate of drug-likeness (QED) is 0.568. The Kier molecular flexibility index (Phi) is 2.83. The monoisotopic (exact) mass is 165 g/mol. The van der Waals surface area contributed by atoms with Crippen LogP contribution in [0.25, 0.3) is 0 Å². The van der Waals surface area contributed by atoms with Crippen LogP contribution >= 0.6 is 0 Å². The molecule has 0 N–H and O–H groups in total. The zero-order valence-corrected chi connectivity index (χ0v) is 7.89. The van der Waals surface area contributed by atoms with Crippen molar-refractivity contribution in [2.45, 2.75) is 38.5 Å². The molecule has 2 aliphatic rings. The third kappa shape index (κ3) is 2.10. The van der Waals surface area contributed by atoms with E-state index in [4.69, 9.17) is 0 Å². The van der Waals surface area contributed by atoms with Gasteiger partial charge in [-0.05, 0) is 51.6 Å². The van der Waals surface area contributed by atoms with Gasteiger partial charge in [-0.25, -0.2) is 0 Å². The highest BCUT2D eigenvalue weighted by molar-refractivity contribution is 5.07. The molecule has 1 saturated heterocycles. The molecule has 1 fully saturated rings. The van der Waals surface area contributed by atoms with Crippen LogP contribution in [0.15, 0.2) is 11.6 Å². The highest BCUT2D eigenvalue weighted by Gasteiger charge is 2.13. The molecule has 0 aromatic carbocycles. The predicted octanol–water partition coefficient (Wildman–Crippen LogP) is 2.58. The van der Waals surface area contributed by atoms with Crippen molar-refractivity contribution in [2.75, 3.05) is 19.6 Å². The molecule has 0 radical (unpaired) electrons. The Balaban J connectivity index is 1.80. The molecule has 0 aromatic rings. The van der Waals surface area contributed by atoms with E-state index in [1.807, 2.05) is 0 Å². The molecule has 12 heavy (non-hydrogen) atoms. The fourth-order valence-corrected chi connectivity index (χ4v) is 2.28. The summed E-state index contributed by atoms with van der Waals surface area (Å²) < 4.78 is 0. The van der Waals surface area contributed by atoms with Gasteiger partial charge in [0.2, 0.25) is 0 Å². The smallest absolute Gasteiger partial charge is 0.0192 e. The molecule has 0 saturated carbocycles. The van der Waals surface area contributed by atoms with Crippen LogP contribution in [-0.4, -0.2) is 24.5 Å². The van der Waals surface area contributed by atoms with Crippen LogP contribution < -0.4 is 0 Å². The highest BCUT2D eigenvalue weighted by Crippen LogP contribution is 2.19. The Morgan fingerprint density at radius 3 is 2.58 bits per heavy atom. The Morgan fingerprint density at radius 2 is 1.92 bits per heavy atom. The largest absolute Gasteiger partial charge is 0.299 e. The van der Waals surface area contributed by atoms with Crippen LogP contribution in [0.2, 0.25) is 0 Å². The SMILES string of the molecule is C1=C(CN2CCCC2)CCCC1. The Hall–Kier alpha value is -0.300. The third-order valence-corrected chi connectivity index (χ3v) is 3.01. The number of nitrogens with zero attached hydrogens (tertiary/aromatic N) is 1. The van der Waals surface area contributed by atoms with Crippen molar-refractivity contribution in [2.24, 2.45) is 0 Å². The van der Waals surface area contributed by atoms with Crippen LogP contribution in [0.4, 0.5) is 0 Å². The summed E-state index contributed by atoms with van der Waals surface area (Å²) >= 11 is 0. The maximum atomic E-state index is 2.61. The molecular formula is C11H19N. The third-order valence-electron chi connectivity index (χ3n) is 3.01. The second kappa shape index (κ2) is 4.08. The van der Waals surface area contributed by atoms with Crippen LogP contribution in [0.3, 0.4) is 0 Å². The van der Waals surface area contributed by atoms with Gasteiger partial charge >= 0.3 is 0 Å². The van der Waals surface area contributed by atoms with Gasteiger partial charge in [0, 0.05) is 6.54 Å². The fourth-order valence-electron chi connectivity index (χ4n) is 2.28. The number of hydrogen-bond donors (Lipinski definition) is 0. The summed E-state index contributed by atoms with van der Waals surface area (Å²) in [5, 5.41) is 0. The van der Waals surface area contributed by atoms with Gasteiger partial charge in [0.15, 0.2) is 0 Å². The van der Waals surface area contributed by atoms with E-state index < -0.39 is 0 Å². The molecule has 1 nitrogen and oxygen atoms in total. The summed E-state index contributed by atoms with van der Waals surface area (Å²) in [6.45, 7) is 3.97. The Labute approximate surface area is 75.4 Å². The first kappa shape index (κ1) is 8.31. The van der Waals surface area contributed by atoms with Crippen molar-refractivity contribution in [1.82, 2.24) is 4.90 Å². The molecule has 0 atom stereocenters.